The van der Waals surface area contributed by atoms with Gasteiger partial charge in [0.15, 0.2) is 0 Å². The number of nitrogens with zero attached hydrogens (tertiary/aromatic N) is 2. The van der Waals surface area contributed by atoms with Gasteiger partial charge in [-0.1, -0.05) is 12.1 Å². The molecule has 5 nitrogen and oxygen atoms in total. The van der Waals surface area contributed by atoms with Gasteiger partial charge in [0.2, 0.25) is 0 Å². The highest BCUT2D eigenvalue weighted by molar-refractivity contribution is 6.04. The third-order valence-corrected chi connectivity index (χ3v) is 5.14. The fourth-order valence-electron chi connectivity index (χ4n) is 3.78. The van der Waals surface area contributed by atoms with Crippen LogP contribution in [0.15, 0.2) is 42.5 Å². The summed E-state index contributed by atoms with van der Waals surface area (Å²) in [4.78, 5) is 29.1. The minimum absolute atomic E-state index is 0.0346. The molecule has 0 unspecified atom stereocenters. The van der Waals surface area contributed by atoms with E-state index >= 15 is 0 Å². The molecular formula is C20H20FN3O2. The van der Waals surface area contributed by atoms with E-state index < -0.39 is 0 Å². The van der Waals surface area contributed by atoms with Crippen molar-refractivity contribution in [2.24, 2.45) is 0 Å². The van der Waals surface area contributed by atoms with Crippen LogP contribution >= 0.6 is 0 Å². The average molecular weight is 353 g/mol. The Morgan fingerprint density at radius 1 is 1.27 bits per heavy atom. The van der Waals surface area contributed by atoms with Gasteiger partial charge in [-0.25, -0.2) is 4.39 Å². The number of hydrogen-bond acceptors (Lipinski definition) is 3. The topological polar surface area (TPSA) is 52.7 Å². The van der Waals surface area contributed by atoms with Crippen molar-refractivity contribution in [3.8, 4) is 0 Å². The van der Waals surface area contributed by atoms with Crippen LogP contribution in [0.2, 0.25) is 0 Å². The molecule has 0 aromatic heterocycles. The molecule has 2 aromatic carbocycles. The molecule has 26 heavy (non-hydrogen) atoms. The van der Waals surface area contributed by atoms with E-state index in [1.165, 1.54) is 12.1 Å². The number of nitrogens with one attached hydrogen (secondary N) is 1. The monoisotopic (exact) mass is 353 g/mol. The van der Waals surface area contributed by atoms with E-state index in [9.17, 15) is 14.0 Å². The maximum Gasteiger partial charge on any atom is 0.257 e. The largest absolute Gasteiger partial charge is 0.354 e. The van der Waals surface area contributed by atoms with Crippen LogP contribution in [0.4, 0.5) is 10.1 Å². The predicted octanol–water partition coefficient (Wildman–Crippen LogP) is 2.77. The number of carbonyl (C=O) groups is 2. The summed E-state index contributed by atoms with van der Waals surface area (Å²) in [6, 6.07) is 11.3. The summed E-state index contributed by atoms with van der Waals surface area (Å²) in [7, 11) is 1.96. The van der Waals surface area contributed by atoms with E-state index in [0.717, 1.165) is 25.1 Å². The van der Waals surface area contributed by atoms with Gasteiger partial charge in [0.1, 0.15) is 12.0 Å². The molecule has 0 saturated carbocycles. The first-order chi connectivity index (χ1) is 12.5. The molecule has 1 saturated heterocycles. The standard InChI is InChI=1S/C20H20FN3O2/c1-23-17-11-14(19(25)22-12-13-4-2-5-15(21)10-13)7-8-16(17)20(26)24-9-3-6-18(23)24/h2,4-5,7-8,10-11,18H,3,6,9,12H2,1H3,(H,22,25)/t18-/m0/s1. The lowest BCUT2D eigenvalue weighted by Crippen LogP contribution is -2.50. The molecular weight excluding hydrogens is 333 g/mol. The molecule has 2 amide bonds. The lowest BCUT2D eigenvalue weighted by atomic mass is 10.0. The number of fused-ring (bicyclic) bond motifs is 2. The van der Waals surface area contributed by atoms with Gasteiger partial charge in [0, 0.05) is 25.7 Å². The molecule has 2 aromatic rings. The minimum atomic E-state index is -0.327. The number of halogens is 1. The zero-order chi connectivity index (χ0) is 18.3. The summed E-state index contributed by atoms with van der Waals surface area (Å²) in [6.45, 7) is 1.03. The van der Waals surface area contributed by atoms with Gasteiger partial charge >= 0.3 is 0 Å². The zero-order valence-corrected chi connectivity index (χ0v) is 14.5. The van der Waals surface area contributed by atoms with Crippen molar-refractivity contribution in [3.05, 3.63) is 65.0 Å². The summed E-state index contributed by atoms with van der Waals surface area (Å²) in [6.07, 6.45) is 2.01. The Hall–Kier alpha value is -2.89. The maximum absolute atomic E-state index is 13.2. The van der Waals surface area contributed by atoms with Gasteiger partial charge in [-0.2, -0.15) is 0 Å². The number of amides is 2. The van der Waals surface area contributed by atoms with Crippen molar-refractivity contribution in [1.29, 1.82) is 0 Å². The van der Waals surface area contributed by atoms with E-state index in [-0.39, 0.29) is 30.3 Å². The summed E-state index contributed by atoms with van der Waals surface area (Å²) in [5, 5.41) is 2.80. The molecule has 0 bridgehead atoms. The predicted molar refractivity (Wildman–Crippen MR) is 96.5 cm³/mol. The minimum Gasteiger partial charge on any atom is -0.354 e. The molecule has 1 fully saturated rings. The second-order valence-corrected chi connectivity index (χ2v) is 6.78. The number of hydrogen-bond donors (Lipinski definition) is 1. The third kappa shape index (κ3) is 2.81. The van der Waals surface area contributed by atoms with Crippen molar-refractivity contribution >= 4 is 17.5 Å². The Morgan fingerprint density at radius 2 is 2.12 bits per heavy atom. The zero-order valence-electron chi connectivity index (χ0n) is 14.5. The quantitative estimate of drug-likeness (QED) is 0.923. The number of carbonyl (C=O) groups excluding carboxylic acids is 2. The Kier molecular flexibility index (Phi) is 4.11. The van der Waals surface area contributed by atoms with Gasteiger partial charge < -0.3 is 15.1 Å². The van der Waals surface area contributed by atoms with Gasteiger partial charge in [-0.05, 0) is 48.7 Å². The van der Waals surface area contributed by atoms with Crippen LogP contribution < -0.4 is 10.2 Å². The van der Waals surface area contributed by atoms with E-state index in [4.69, 9.17) is 0 Å². The molecule has 6 heteroatoms. The van der Waals surface area contributed by atoms with Gasteiger partial charge in [-0.3, -0.25) is 9.59 Å². The number of rotatable bonds is 3. The summed E-state index contributed by atoms with van der Waals surface area (Å²) >= 11 is 0. The van der Waals surface area contributed by atoms with Crippen molar-refractivity contribution in [2.75, 3.05) is 18.5 Å². The molecule has 0 radical (unpaired) electrons. The van der Waals surface area contributed by atoms with Crippen molar-refractivity contribution in [3.63, 3.8) is 0 Å². The van der Waals surface area contributed by atoms with E-state index in [2.05, 4.69) is 10.2 Å². The van der Waals surface area contributed by atoms with Crippen LogP contribution in [0.1, 0.15) is 39.1 Å². The first-order valence-electron chi connectivity index (χ1n) is 8.75. The SMILES string of the molecule is CN1c2cc(C(=O)NCc3cccc(F)c3)ccc2C(=O)N2CCC[C@H]21. The van der Waals surface area contributed by atoms with Crippen LogP contribution in [0, 0.1) is 5.82 Å². The Bertz CT molecular complexity index is 883. The first-order valence-corrected chi connectivity index (χ1v) is 8.75. The second kappa shape index (κ2) is 6.44. The number of anilines is 1. The summed E-state index contributed by atoms with van der Waals surface area (Å²) in [5.41, 5.74) is 2.61. The molecule has 134 valence electrons. The Balaban J connectivity index is 1.54. The molecule has 1 atom stereocenters. The van der Waals surface area contributed by atoms with Crippen LogP contribution in [0.3, 0.4) is 0 Å². The van der Waals surface area contributed by atoms with Crippen molar-refractivity contribution in [1.82, 2.24) is 10.2 Å². The van der Waals surface area contributed by atoms with Crippen LogP contribution in [0.25, 0.3) is 0 Å². The highest BCUT2D eigenvalue weighted by Crippen LogP contribution is 2.35. The van der Waals surface area contributed by atoms with Gasteiger partial charge in [0.25, 0.3) is 11.8 Å². The molecule has 0 aliphatic carbocycles. The summed E-state index contributed by atoms with van der Waals surface area (Å²) in [5.74, 6) is -0.536. The molecule has 2 heterocycles. The normalized spacial score (nSPS) is 18.5. The van der Waals surface area contributed by atoms with Crippen LogP contribution in [0.5, 0.6) is 0 Å². The fourth-order valence-corrected chi connectivity index (χ4v) is 3.78. The van der Waals surface area contributed by atoms with E-state index in [0.29, 0.717) is 16.7 Å². The first kappa shape index (κ1) is 16.6. The lowest BCUT2D eigenvalue weighted by Gasteiger charge is -2.40. The molecule has 0 spiro atoms. The summed E-state index contributed by atoms with van der Waals surface area (Å²) < 4.78 is 13.2. The molecule has 2 aliphatic rings. The molecule has 4 rings (SSSR count). The van der Waals surface area contributed by atoms with Crippen molar-refractivity contribution in [2.45, 2.75) is 25.6 Å². The number of benzene rings is 2. The van der Waals surface area contributed by atoms with Gasteiger partial charge in [0.05, 0.1) is 11.3 Å². The lowest BCUT2D eigenvalue weighted by molar-refractivity contribution is 0.0719. The van der Waals surface area contributed by atoms with E-state index in [1.54, 1.807) is 30.3 Å². The Labute approximate surface area is 151 Å². The van der Waals surface area contributed by atoms with Gasteiger partial charge in [-0.15, -0.1) is 0 Å². The molecule has 2 aliphatic heterocycles. The third-order valence-electron chi connectivity index (χ3n) is 5.14. The Morgan fingerprint density at radius 3 is 2.92 bits per heavy atom. The van der Waals surface area contributed by atoms with Crippen LogP contribution in [-0.4, -0.2) is 36.5 Å². The molecule has 1 N–H and O–H groups in total. The maximum atomic E-state index is 13.2. The average Bonchev–Trinajstić information content (AvgIpc) is 3.14. The second-order valence-electron chi connectivity index (χ2n) is 6.78. The fraction of sp³-hybridized carbons (Fsp3) is 0.300. The van der Waals surface area contributed by atoms with Crippen LogP contribution in [-0.2, 0) is 6.54 Å². The highest BCUT2D eigenvalue weighted by atomic mass is 19.1. The highest BCUT2D eigenvalue weighted by Gasteiger charge is 2.38. The smallest absolute Gasteiger partial charge is 0.257 e. The van der Waals surface area contributed by atoms with Crippen molar-refractivity contribution < 1.29 is 14.0 Å². The van der Waals surface area contributed by atoms with E-state index in [1.807, 2.05) is 11.9 Å².